The van der Waals surface area contributed by atoms with E-state index in [2.05, 4.69) is 0 Å². The number of likely N-dealkylation sites (N-methyl/N-ethyl adjacent to an activating group) is 1. The maximum absolute atomic E-state index is 12.3. The molecule has 0 aliphatic carbocycles. The van der Waals surface area contributed by atoms with Crippen LogP contribution in [-0.4, -0.2) is 30.2 Å². The Bertz CT molecular complexity index is 713. The molecule has 0 saturated heterocycles. The number of alkyl halides is 1. The van der Waals surface area contributed by atoms with E-state index in [9.17, 15) is 4.79 Å². The van der Waals surface area contributed by atoms with Crippen molar-refractivity contribution in [3.8, 4) is 5.75 Å². The van der Waals surface area contributed by atoms with Crippen LogP contribution in [0.4, 0.5) is 4.79 Å². The van der Waals surface area contributed by atoms with Gasteiger partial charge >= 0.3 is 6.09 Å². The first-order valence-corrected chi connectivity index (χ1v) is 9.12. The van der Waals surface area contributed by atoms with Crippen LogP contribution in [0.2, 0.25) is 0 Å². The zero-order chi connectivity index (χ0) is 19.2. The third-order valence-corrected chi connectivity index (χ3v) is 3.96. The van der Waals surface area contributed by atoms with E-state index in [1.165, 1.54) is 4.90 Å². The zero-order valence-electron chi connectivity index (χ0n) is 15.7. The van der Waals surface area contributed by atoms with Crippen molar-refractivity contribution < 1.29 is 14.3 Å². The smallest absolute Gasteiger partial charge is 0.410 e. The second kappa shape index (κ2) is 8.95. The summed E-state index contributed by atoms with van der Waals surface area (Å²) in [6, 6.07) is 17.5. The van der Waals surface area contributed by atoms with Gasteiger partial charge in [0.05, 0.1) is 6.54 Å². The van der Waals surface area contributed by atoms with E-state index >= 15 is 0 Å². The number of rotatable bonds is 6. The average Bonchev–Trinajstić information content (AvgIpc) is 2.60. The number of benzene rings is 2. The van der Waals surface area contributed by atoms with E-state index in [1.807, 2.05) is 75.4 Å². The van der Waals surface area contributed by atoms with Crippen molar-refractivity contribution in [1.82, 2.24) is 4.90 Å². The second-order valence-corrected chi connectivity index (χ2v) is 7.43. The Balaban J connectivity index is 2.17. The maximum atomic E-state index is 12.3. The van der Waals surface area contributed by atoms with Crippen molar-refractivity contribution in [2.75, 3.05) is 13.6 Å². The topological polar surface area (TPSA) is 38.8 Å². The molecule has 0 saturated carbocycles. The monoisotopic (exact) mass is 375 g/mol. The minimum Gasteiger partial charge on any atom is -0.484 e. The summed E-state index contributed by atoms with van der Waals surface area (Å²) < 4.78 is 11.6. The Morgan fingerprint density at radius 1 is 1.12 bits per heavy atom. The second-order valence-electron chi connectivity index (χ2n) is 7.16. The summed E-state index contributed by atoms with van der Waals surface area (Å²) in [4.78, 5) is 13.8. The third-order valence-electron chi connectivity index (χ3n) is 3.65. The van der Waals surface area contributed by atoms with Crippen LogP contribution in [0.3, 0.4) is 0 Å². The molecule has 26 heavy (non-hydrogen) atoms. The van der Waals surface area contributed by atoms with Crippen LogP contribution in [0.1, 0.15) is 38.0 Å². The molecule has 1 amide bonds. The normalized spacial score (nSPS) is 12.3. The number of carbonyl (C=O) groups excluding carboxylic acids is 1. The molecule has 0 aliphatic heterocycles. The van der Waals surface area contributed by atoms with Gasteiger partial charge in [-0.1, -0.05) is 42.5 Å². The molecule has 0 aliphatic rings. The number of hydrogen-bond donors (Lipinski definition) is 0. The summed E-state index contributed by atoms with van der Waals surface area (Å²) >= 11 is 5.91. The van der Waals surface area contributed by atoms with Gasteiger partial charge in [-0.3, -0.25) is 0 Å². The molecular formula is C21H26ClNO3. The van der Waals surface area contributed by atoms with Gasteiger partial charge in [0, 0.05) is 12.9 Å². The van der Waals surface area contributed by atoms with Gasteiger partial charge in [-0.25, -0.2) is 4.79 Å². The number of hydrogen-bond acceptors (Lipinski definition) is 3. The average molecular weight is 376 g/mol. The molecule has 0 N–H and O–H groups in total. The van der Waals surface area contributed by atoms with Gasteiger partial charge in [0.15, 0.2) is 0 Å². The molecule has 0 heterocycles. The predicted molar refractivity (Wildman–Crippen MR) is 105 cm³/mol. The lowest BCUT2D eigenvalue weighted by atomic mass is 10.1. The summed E-state index contributed by atoms with van der Waals surface area (Å²) in [7, 11) is 1.71. The number of halogens is 1. The summed E-state index contributed by atoms with van der Waals surface area (Å²) in [6.45, 7) is 5.91. The molecule has 0 bridgehead atoms. The molecule has 4 nitrogen and oxygen atoms in total. The Hall–Kier alpha value is -2.20. The largest absolute Gasteiger partial charge is 0.484 e. The highest BCUT2D eigenvalue weighted by atomic mass is 35.5. The summed E-state index contributed by atoms with van der Waals surface area (Å²) in [5, 5.41) is 0. The van der Waals surface area contributed by atoms with Crippen LogP contribution in [0.15, 0.2) is 54.6 Å². The van der Waals surface area contributed by atoms with Crippen molar-refractivity contribution in [1.29, 1.82) is 0 Å². The summed E-state index contributed by atoms with van der Waals surface area (Å²) in [5.74, 6) is 1.14. The van der Waals surface area contributed by atoms with E-state index in [4.69, 9.17) is 21.1 Å². The molecule has 0 fully saturated rings. The number of ether oxygens (including phenoxy) is 2. The molecular weight excluding hydrogens is 350 g/mol. The lowest BCUT2D eigenvalue weighted by Gasteiger charge is -2.28. The Labute approximate surface area is 160 Å². The SMILES string of the molecule is CN(CC(Oc1cccc(CCl)c1)c1ccccc1)C(=O)OC(C)(C)C. The Kier molecular flexibility index (Phi) is 6.92. The van der Waals surface area contributed by atoms with Gasteiger partial charge in [-0.15, -0.1) is 11.6 Å². The molecule has 2 aromatic rings. The number of nitrogens with zero attached hydrogens (tertiary/aromatic N) is 1. The van der Waals surface area contributed by atoms with Crippen molar-refractivity contribution >= 4 is 17.7 Å². The molecule has 1 atom stereocenters. The highest BCUT2D eigenvalue weighted by Crippen LogP contribution is 2.24. The van der Waals surface area contributed by atoms with Crippen molar-refractivity contribution in [2.24, 2.45) is 0 Å². The van der Waals surface area contributed by atoms with Crippen LogP contribution >= 0.6 is 11.6 Å². The van der Waals surface area contributed by atoms with Crippen molar-refractivity contribution in [3.05, 3.63) is 65.7 Å². The maximum Gasteiger partial charge on any atom is 0.410 e. The molecule has 140 valence electrons. The highest BCUT2D eigenvalue weighted by Gasteiger charge is 2.23. The van der Waals surface area contributed by atoms with E-state index in [0.717, 1.165) is 16.9 Å². The Morgan fingerprint density at radius 2 is 1.81 bits per heavy atom. The zero-order valence-corrected chi connectivity index (χ0v) is 16.5. The summed E-state index contributed by atoms with van der Waals surface area (Å²) in [6.07, 6.45) is -0.698. The molecule has 0 spiro atoms. The molecule has 2 rings (SSSR count). The quantitative estimate of drug-likeness (QED) is 0.633. The predicted octanol–water partition coefficient (Wildman–Crippen LogP) is 5.41. The minimum atomic E-state index is -0.539. The molecule has 1 unspecified atom stereocenters. The van der Waals surface area contributed by atoms with Crippen LogP contribution < -0.4 is 4.74 Å². The molecule has 0 aromatic heterocycles. The first-order chi connectivity index (χ1) is 12.3. The molecule has 5 heteroatoms. The van der Waals surface area contributed by atoms with E-state index in [0.29, 0.717) is 12.4 Å². The lowest BCUT2D eigenvalue weighted by molar-refractivity contribution is 0.0226. The Morgan fingerprint density at radius 3 is 2.42 bits per heavy atom. The first-order valence-electron chi connectivity index (χ1n) is 8.59. The lowest BCUT2D eigenvalue weighted by Crippen LogP contribution is -2.37. The number of carbonyl (C=O) groups is 1. The number of amides is 1. The van der Waals surface area contributed by atoms with Gasteiger partial charge in [-0.05, 0) is 44.0 Å². The van der Waals surface area contributed by atoms with Crippen LogP contribution in [0.25, 0.3) is 0 Å². The van der Waals surface area contributed by atoms with E-state index in [-0.39, 0.29) is 12.2 Å². The van der Waals surface area contributed by atoms with Gasteiger partial charge in [-0.2, -0.15) is 0 Å². The van der Waals surface area contributed by atoms with Crippen LogP contribution in [-0.2, 0) is 10.6 Å². The standard InChI is InChI=1S/C21H26ClNO3/c1-21(2,3)26-20(24)23(4)15-19(17-10-6-5-7-11-17)25-18-12-8-9-16(13-18)14-22/h5-13,19H,14-15H2,1-4H3. The third kappa shape index (κ3) is 6.26. The van der Waals surface area contributed by atoms with E-state index in [1.54, 1.807) is 7.05 Å². The van der Waals surface area contributed by atoms with Gasteiger partial charge < -0.3 is 14.4 Å². The van der Waals surface area contributed by atoms with Gasteiger partial charge in [0.2, 0.25) is 0 Å². The first kappa shape index (κ1) is 20.1. The fraction of sp³-hybridized carbons (Fsp3) is 0.381. The van der Waals surface area contributed by atoms with Gasteiger partial charge in [0.1, 0.15) is 17.5 Å². The van der Waals surface area contributed by atoms with Gasteiger partial charge in [0.25, 0.3) is 0 Å². The molecule has 2 aromatic carbocycles. The van der Waals surface area contributed by atoms with Crippen molar-refractivity contribution in [2.45, 2.75) is 38.4 Å². The van der Waals surface area contributed by atoms with Crippen molar-refractivity contribution in [3.63, 3.8) is 0 Å². The van der Waals surface area contributed by atoms with Crippen LogP contribution in [0.5, 0.6) is 5.75 Å². The van der Waals surface area contributed by atoms with Crippen LogP contribution in [0, 0.1) is 0 Å². The fourth-order valence-electron chi connectivity index (χ4n) is 2.41. The molecule has 0 radical (unpaired) electrons. The fourth-order valence-corrected chi connectivity index (χ4v) is 2.57. The summed E-state index contributed by atoms with van der Waals surface area (Å²) in [5.41, 5.74) is 1.43. The highest BCUT2D eigenvalue weighted by molar-refractivity contribution is 6.17. The van der Waals surface area contributed by atoms with E-state index < -0.39 is 5.60 Å². The minimum absolute atomic E-state index is 0.320.